The van der Waals surface area contributed by atoms with Gasteiger partial charge in [0.05, 0.1) is 10.0 Å². The lowest BCUT2D eigenvalue weighted by Gasteiger charge is -2.30. The van der Waals surface area contributed by atoms with Gasteiger partial charge in [-0.25, -0.2) is 0 Å². The monoisotopic (exact) mass is 396 g/mol. The highest BCUT2D eigenvalue weighted by molar-refractivity contribution is 6.37. The second-order valence-electron chi connectivity index (χ2n) is 6.88. The Kier molecular flexibility index (Phi) is 7.17. The van der Waals surface area contributed by atoms with Crippen LogP contribution in [-0.2, 0) is 6.54 Å². The third-order valence-corrected chi connectivity index (χ3v) is 5.42. The number of benzene rings is 2. The van der Waals surface area contributed by atoms with E-state index in [-0.39, 0.29) is 6.61 Å². The fraction of sp³-hybridized carbons (Fsp3) is 0.400. The lowest BCUT2D eigenvalue weighted by molar-refractivity contribution is -1.02. The lowest BCUT2D eigenvalue weighted by Crippen LogP contribution is -3.28. The normalized spacial score (nSPS) is 21.3. The molecular formula is C20H26Cl2N2O2+2. The van der Waals surface area contributed by atoms with Gasteiger partial charge in [0.1, 0.15) is 52.0 Å². The fourth-order valence-electron chi connectivity index (χ4n) is 3.41. The maximum atomic E-state index is 10.3. The first-order valence-corrected chi connectivity index (χ1v) is 9.83. The van der Waals surface area contributed by atoms with Crippen LogP contribution >= 0.6 is 23.2 Å². The highest BCUT2D eigenvalue weighted by atomic mass is 35.5. The van der Waals surface area contributed by atoms with Crippen LogP contribution in [-0.4, -0.2) is 50.5 Å². The zero-order valence-electron chi connectivity index (χ0n) is 14.8. The number of piperazine rings is 1. The molecule has 1 aliphatic heterocycles. The van der Waals surface area contributed by atoms with Gasteiger partial charge in [0, 0.05) is 5.56 Å². The molecule has 0 radical (unpaired) electrons. The Balaban J connectivity index is 1.40. The molecule has 1 fully saturated rings. The molecule has 2 aromatic carbocycles. The first kappa shape index (κ1) is 19.5. The topological polar surface area (TPSA) is 38.3 Å². The van der Waals surface area contributed by atoms with Gasteiger partial charge >= 0.3 is 0 Å². The molecule has 0 saturated carbocycles. The van der Waals surface area contributed by atoms with E-state index in [0.29, 0.717) is 22.3 Å². The Morgan fingerprint density at radius 3 is 2.15 bits per heavy atom. The Bertz CT molecular complexity index is 671. The van der Waals surface area contributed by atoms with E-state index in [2.05, 4.69) is 30.3 Å². The van der Waals surface area contributed by atoms with E-state index in [4.69, 9.17) is 27.9 Å². The molecule has 0 amide bonds. The highest BCUT2D eigenvalue weighted by Crippen LogP contribution is 2.32. The minimum absolute atomic E-state index is 0.202. The number of hydrogen-bond acceptors (Lipinski definition) is 2. The van der Waals surface area contributed by atoms with Crippen LogP contribution in [0.2, 0.25) is 10.0 Å². The number of aliphatic hydroxyl groups excluding tert-OH is 1. The zero-order valence-corrected chi connectivity index (χ0v) is 16.3. The molecule has 0 aliphatic carbocycles. The van der Waals surface area contributed by atoms with Crippen LogP contribution in [0.4, 0.5) is 0 Å². The number of aliphatic hydroxyl groups is 1. The van der Waals surface area contributed by atoms with E-state index in [1.807, 2.05) is 0 Å². The first-order valence-electron chi connectivity index (χ1n) is 9.08. The van der Waals surface area contributed by atoms with E-state index in [1.165, 1.54) is 10.5 Å². The van der Waals surface area contributed by atoms with Crippen LogP contribution in [0, 0.1) is 0 Å². The predicted octanol–water partition coefficient (Wildman–Crippen LogP) is 0.717. The summed E-state index contributed by atoms with van der Waals surface area (Å²) in [4.78, 5) is 3.02. The van der Waals surface area contributed by atoms with Crippen molar-refractivity contribution in [2.75, 3.05) is 39.3 Å². The van der Waals surface area contributed by atoms with Gasteiger partial charge in [-0.3, -0.25) is 0 Å². The number of rotatable bonds is 7. The quantitative estimate of drug-likeness (QED) is 0.644. The van der Waals surface area contributed by atoms with Crippen molar-refractivity contribution in [2.45, 2.75) is 12.6 Å². The van der Waals surface area contributed by atoms with Gasteiger partial charge in [-0.05, 0) is 12.1 Å². The van der Waals surface area contributed by atoms with Crippen LogP contribution < -0.4 is 14.5 Å². The van der Waals surface area contributed by atoms with Crippen molar-refractivity contribution in [1.29, 1.82) is 0 Å². The van der Waals surface area contributed by atoms with Crippen LogP contribution in [0.5, 0.6) is 5.75 Å². The van der Waals surface area contributed by atoms with Crippen molar-refractivity contribution in [3.05, 3.63) is 64.1 Å². The molecule has 26 heavy (non-hydrogen) atoms. The molecule has 0 unspecified atom stereocenters. The number of ether oxygens (including phenoxy) is 1. The molecule has 2 aromatic rings. The van der Waals surface area contributed by atoms with Gasteiger partial charge in [0.25, 0.3) is 0 Å². The summed E-state index contributed by atoms with van der Waals surface area (Å²) in [5, 5.41) is 11.2. The number of hydrogen-bond donors (Lipinski definition) is 3. The molecule has 1 aliphatic rings. The van der Waals surface area contributed by atoms with Crippen molar-refractivity contribution < 1.29 is 19.6 Å². The van der Waals surface area contributed by atoms with Crippen LogP contribution in [0.1, 0.15) is 5.56 Å². The molecule has 3 rings (SSSR count). The number of nitrogens with one attached hydrogen (secondary N) is 2. The third-order valence-electron chi connectivity index (χ3n) is 4.82. The molecule has 0 bridgehead atoms. The molecule has 1 saturated heterocycles. The summed E-state index contributed by atoms with van der Waals surface area (Å²) in [7, 11) is 0. The summed E-state index contributed by atoms with van der Waals surface area (Å²) in [5.74, 6) is 0.446. The standard InChI is InChI=1S/C20H24Cl2N2O2/c21-18-7-4-8-19(22)20(18)26-15-17(25)14-24-11-9-23(10-12-24)13-16-5-2-1-3-6-16/h1-8,17,25H,9-15H2/p+2/t17-/m0/s1. The van der Waals surface area contributed by atoms with Gasteiger partial charge < -0.3 is 19.6 Å². The summed E-state index contributed by atoms with van der Waals surface area (Å²) in [6.45, 7) is 6.32. The Labute approximate surface area is 164 Å². The largest absolute Gasteiger partial charge is 0.488 e. The van der Waals surface area contributed by atoms with Crippen molar-refractivity contribution in [1.82, 2.24) is 0 Å². The van der Waals surface area contributed by atoms with E-state index >= 15 is 0 Å². The van der Waals surface area contributed by atoms with Crippen molar-refractivity contribution in [2.24, 2.45) is 0 Å². The molecule has 0 spiro atoms. The second-order valence-corrected chi connectivity index (χ2v) is 7.70. The summed E-state index contributed by atoms with van der Waals surface area (Å²) < 4.78 is 5.64. The maximum absolute atomic E-state index is 10.3. The van der Waals surface area contributed by atoms with E-state index in [1.54, 1.807) is 23.1 Å². The average molecular weight is 397 g/mol. The minimum atomic E-state index is -0.534. The Morgan fingerprint density at radius 2 is 1.50 bits per heavy atom. The van der Waals surface area contributed by atoms with Crippen molar-refractivity contribution in [3.63, 3.8) is 0 Å². The molecule has 1 atom stereocenters. The lowest BCUT2D eigenvalue weighted by atomic mass is 10.2. The van der Waals surface area contributed by atoms with Crippen LogP contribution in [0.25, 0.3) is 0 Å². The molecule has 0 aromatic heterocycles. The molecule has 1 heterocycles. The van der Waals surface area contributed by atoms with Gasteiger partial charge in [0.2, 0.25) is 0 Å². The van der Waals surface area contributed by atoms with Crippen LogP contribution in [0.3, 0.4) is 0 Å². The van der Waals surface area contributed by atoms with Gasteiger partial charge in [-0.2, -0.15) is 0 Å². The Morgan fingerprint density at radius 1 is 0.885 bits per heavy atom. The molecule has 6 heteroatoms. The fourth-order valence-corrected chi connectivity index (χ4v) is 3.92. The molecule has 3 N–H and O–H groups in total. The van der Waals surface area contributed by atoms with Gasteiger partial charge in [-0.1, -0.05) is 59.6 Å². The molecular weight excluding hydrogens is 371 g/mol. The second kappa shape index (κ2) is 9.58. The summed E-state index contributed by atoms with van der Waals surface area (Å²) in [6, 6.07) is 15.9. The van der Waals surface area contributed by atoms with Gasteiger partial charge in [-0.15, -0.1) is 0 Å². The minimum Gasteiger partial charge on any atom is -0.488 e. The van der Waals surface area contributed by atoms with E-state index in [9.17, 15) is 5.11 Å². The zero-order chi connectivity index (χ0) is 18.4. The number of halogens is 2. The summed E-state index contributed by atoms with van der Waals surface area (Å²) in [6.07, 6.45) is -0.534. The summed E-state index contributed by atoms with van der Waals surface area (Å²) >= 11 is 12.2. The smallest absolute Gasteiger partial charge is 0.156 e. The van der Waals surface area contributed by atoms with Crippen molar-refractivity contribution >= 4 is 23.2 Å². The maximum Gasteiger partial charge on any atom is 0.156 e. The predicted molar refractivity (Wildman–Crippen MR) is 104 cm³/mol. The molecule has 140 valence electrons. The average Bonchev–Trinajstić information content (AvgIpc) is 2.64. The van der Waals surface area contributed by atoms with Crippen LogP contribution in [0.15, 0.2) is 48.5 Å². The van der Waals surface area contributed by atoms with Crippen molar-refractivity contribution in [3.8, 4) is 5.75 Å². The van der Waals surface area contributed by atoms with Gasteiger partial charge in [0.15, 0.2) is 5.75 Å². The Hall–Kier alpha value is -1.30. The number of quaternary nitrogens is 2. The number of para-hydroxylation sites is 1. The molecule has 4 nitrogen and oxygen atoms in total. The first-order chi connectivity index (χ1) is 12.6. The third kappa shape index (κ3) is 5.60. The highest BCUT2D eigenvalue weighted by Gasteiger charge is 2.25. The summed E-state index contributed by atoms with van der Waals surface area (Å²) in [5.41, 5.74) is 1.39. The van der Waals surface area contributed by atoms with E-state index in [0.717, 1.165) is 32.7 Å². The van der Waals surface area contributed by atoms with E-state index < -0.39 is 6.10 Å². The SMILES string of the molecule is O[C@H](COc1c(Cl)cccc1Cl)C[NH+]1CC[NH+](Cc2ccccc2)CC1.